The van der Waals surface area contributed by atoms with Crippen molar-refractivity contribution in [2.24, 2.45) is 0 Å². The van der Waals surface area contributed by atoms with Crippen molar-refractivity contribution in [2.75, 3.05) is 18.0 Å². The molecule has 1 saturated heterocycles. The van der Waals surface area contributed by atoms with Gasteiger partial charge in [0.1, 0.15) is 5.69 Å². The topological polar surface area (TPSA) is 81.3 Å². The quantitative estimate of drug-likeness (QED) is 0.492. The van der Waals surface area contributed by atoms with Crippen LogP contribution in [0.1, 0.15) is 36.2 Å². The van der Waals surface area contributed by atoms with E-state index >= 15 is 0 Å². The van der Waals surface area contributed by atoms with E-state index in [1.54, 1.807) is 18.3 Å². The summed E-state index contributed by atoms with van der Waals surface area (Å²) in [6.45, 7) is 2.89. The number of rotatable bonds is 4. The maximum atomic E-state index is 11.4. The number of nitro benzene ring substituents is 1. The summed E-state index contributed by atoms with van der Waals surface area (Å²) < 4.78 is 2.09. The molecular weight excluding hydrogens is 296 g/mol. The van der Waals surface area contributed by atoms with Crippen LogP contribution >= 0.6 is 0 Å². The lowest BCUT2D eigenvalue weighted by atomic mass is 10.0. The van der Waals surface area contributed by atoms with E-state index in [1.165, 1.54) is 13.0 Å². The smallest absolute Gasteiger partial charge is 0.293 e. The average Bonchev–Trinajstić information content (AvgIpc) is 3.09. The van der Waals surface area contributed by atoms with E-state index in [0.717, 1.165) is 25.9 Å². The minimum absolute atomic E-state index is 0.00113. The maximum absolute atomic E-state index is 11.4. The summed E-state index contributed by atoms with van der Waals surface area (Å²) in [7, 11) is 0. The molecule has 0 saturated carbocycles. The molecule has 7 nitrogen and oxygen atoms in total. The van der Waals surface area contributed by atoms with Gasteiger partial charge in [-0.3, -0.25) is 14.9 Å². The minimum Gasteiger partial charge on any atom is -0.366 e. The van der Waals surface area contributed by atoms with Crippen molar-refractivity contribution in [3.05, 3.63) is 52.6 Å². The number of hydrogen-bond donors (Lipinski definition) is 0. The molecule has 0 atom stereocenters. The molecular formula is C16H18N4O3. The van der Waals surface area contributed by atoms with Gasteiger partial charge >= 0.3 is 0 Å². The van der Waals surface area contributed by atoms with E-state index in [2.05, 4.69) is 9.55 Å². The molecule has 3 rings (SSSR count). The van der Waals surface area contributed by atoms with E-state index in [4.69, 9.17) is 0 Å². The predicted molar refractivity (Wildman–Crippen MR) is 85.8 cm³/mol. The molecule has 0 spiro atoms. The second-order valence-electron chi connectivity index (χ2n) is 5.74. The third-order valence-electron chi connectivity index (χ3n) is 4.33. The van der Waals surface area contributed by atoms with Gasteiger partial charge < -0.3 is 9.47 Å². The number of imidazole rings is 1. The highest BCUT2D eigenvalue weighted by atomic mass is 16.6. The molecule has 1 aliphatic heterocycles. The summed E-state index contributed by atoms with van der Waals surface area (Å²) in [4.78, 5) is 28.5. The van der Waals surface area contributed by atoms with E-state index < -0.39 is 4.92 Å². The molecule has 23 heavy (non-hydrogen) atoms. The van der Waals surface area contributed by atoms with Crippen LogP contribution in [0.4, 0.5) is 11.4 Å². The predicted octanol–water partition coefficient (Wildman–Crippen LogP) is 2.84. The average molecular weight is 314 g/mol. The zero-order valence-electron chi connectivity index (χ0n) is 12.9. The van der Waals surface area contributed by atoms with Gasteiger partial charge in [-0.25, -0.2) is 4.98 Å². The number of Topliss-reactive ketones (excluding diaryl/α,β-unsaturated/α-hetero) is 1. The van der Waals surface area contributed by atoms with E-state index in [0.29, 0.717) is 17.3 Å². The van der Waals surface area contributed by atoms with Gasteiger partial charge in [0.05, 0.1) is 11.3 Å². The minimum atomic E-state index is -0.413. The standard InChI is InChI=1S/C16H18N4O3/c1-12(21)13-2-3-15(16(10-13)20(22)23)18-7-4-14(5-8-18)19-9-6-17-11-19/h2-3,6,9-11,14H,4-5,7-8H2,1H3. The van der Waals surface area contributed by atoms with Crippen molar-refractivity contribution in [2.45, 2.75) is 25.8 Å². The summed E-state index contributed by atoms with van der Waals surface area (Å²) in [5, 5.41) is 11.3. The first kappa shape index (κ1) is 15.2. The van der Waals surface area contributed by atoms with Crippen LogP contribution in [0.15, 0.2) is 36.9 Å². The molecule has 1 aliphatic rings. The fraction of sp³-hybridized carbons (Fsp3) is 0.375. The van der Waals surface area contributed by atoms with Gasteiger partial charge in [-0.05, 0) is 31.9 Å². The Balaban J connectivity index is 1.80. The fourth-order valence-electron chi connectivity index (χ4n) is 3.05. The first-order valence-electron chi connectivity index (χ1n) is 7.58. The molecule has 1 fully saturated rings. The molecule has 7 heteroatoms. The van der Waals surface area contributed by atoms with Gasteiger partial charge in [-0.2, -0.15) is 0 Å². The molecule has 2 aromatic rings. The van der Waals surface area contributed by atoms with Crippen molar-refractivity contribution >= 4 is 17.2 Å². The van der Waals surface area contributed by atoms with Gasteiger partial charge in [-0.1, -0.05) is 0 Å². The van der Waals surface area contributed by atoms with Crippen molar-refractivity contribution in [1.82, 2.24) is 9.55 Å². The Morgan fingerprint density at radius 2 is 2.09 bits per heavy atom. The molecule has 2 heterocycles. The van der Waals surface area contributed by atoms with Gasteiger partial charge in [0.2, 0.25) is 0 Å². The number of piperidine rings is 1. The number of anilines is 1. The Labute approximate surface area is 133 Å². The molecule has 0 N–H and O–H groups in total. The molecule has 0 unspecified atom stereocenters. The maximum Gasteiger partial charge on any atom is 0.293 e. The van der Waals surface area contributed by atoms with Crippen LogP contribution in [0.2, 0.25) is 0 Å². The number of hydrogen-bond acceptors (Lipinski definition) is 5. The van der Waals surface area contributed by atoms with Crippen molar-refractivity contribution in [1.29, 1.82) is 0 Å². The number of aromatic nitrogens is 2. The summed E-state index contributed by atoms with van der Waals surface area (Å²) in [6.07, 6.45) is 7.33. The van der Waals surface area contributed by atoms with E-state index in [9.17, 15) is 14.9 Å². The largest absolute Gasteiger partial charge is 0.366 e. The highest BCUT2D eigenvalue weighted by Gasteiger charge is 2.26. The Bertz CT molecular complexity index is 719. The van der Waals surface area contributed by atoms with Crippen LogP contribution in [0.25, 0.3) is 0 Å². The lowest BCUT2D eigenvalue weighted by molar-refractivity contribution is -0.384. The summed E-state index contributed by atoms with van der Waals surface area (Å²) in [5.74, 6) is -0.168. The van der Waals surface area contributed by atoms with Crippen LogP contribution in [0, 0.1) is 10.1 Å². The molecule has 1 aromatic heterocycles. The summed E-state index contributed by atoms with van der Waals surface area (Å²) >= 11 is 0. The van der Waals surface area contributed by atoms with Gasteiger partial charge in [0.25, 0.3) is 5.69 Å². The highest BCUT2D eigenvalue weighted by molar-refractivity contribution is 5.95. The van der Waals surface area contributed by atoms with Crippen LogP contribution < -0.4 is 4.90 Å². The van der Waals surface area contributed by atoms with Crippen molar-refractivity contribution < 1.29 is 9.72 Å². The Morgan fingerprint density at radius 1 is 1.35 bits per heavy atom. The van der Waals surface area contributed by atoms with E-state index in [-0.39, 0.29) is 11.5 Å². The first-order chi connectivity index (χ1) is 11.1. The number of nitro groups is 1. The van der Waals surface area contributed by atoms with Crippen LogP contribution in [0.3, 0.4) is 0 Å². The van der Waals surface area contributed by atoms with Gasteiger partial charge in [-0.15, -0.1) is 0 Å². The van der Waals surface area contributed by atoms with Crippen molar-refractivity contribution in [3.8, 4) is 0 Å². The Kier molecular flexibility index (Phi) is 4.10. The molecule has 0 radical (unpaired) electrons. The first-order valence-corrected chi connectivity index (χ1v) is 7.58. The molecule has 0 bridgehead atoms. The van der Waals surface area contributed by atoms with E-state index in [1.807, 2.05) is 17.4 Å². The third kappa shape index (κ3) is 3.08. The number of benzene rings is 1. The third-order valence-corrected chi connectivity index (χ3v) is 4.33. The second-order valence-corrected chi connectivity index (χ2v) is 5.74. The summed E-state index contributed by atoms with van der Waals surface area (Å²) in [5.41, 5.74) is 0.955. The normalized spacial score (nSPS) is 15.6. The number of ketones is 1. The number of nitrogens with zero attached hydrogens (tertiary/aromatic N) is 4. The van der Waals surface area contributed by atoms with Gasteiger partial charge in [0.15, 0.2) is 5.78 Å². The van der Waals surface area contributed by atoms with Crippen molar-refractivity contribution in [3.63, 3.8) is 0 Å². The number of carbonyl (C=O) groups is 1. The van der Waals surface area contributed by atoms with Gasteiger partial charge in [0, 0.05) is 43.2 Å². The van der Waals surface area contributed by atoms with Crippen LogP contribution in [-0.4, -0.2) is 33.3 Å². The molecule has 120 valence electrons. The monoisotopic (exact) mass is 314 g/mol. The SMILES string of the molecule is CC(=O)c1ccc(N2CCC(n3ccnc3)CC2)c([N+](=O)[O-])c1. The fourth-order valence-corrected chi connectivity index (χ4v) is 3.05. The Morgan fingerprint density at radius 3 is 2.65 bits per heavy atom. The zero-order chi connectivity index (χ0) is 16.4. The Hall–Kier alpha value is -2.70. The number of carbonyl (C=O) groups excluding carboxylic acids is 1. The van der Waals surface area contributed by atoms with Crippen LogP contribution in [0.5, 0.6) is 0 Å². The van der Waals surface area contributed by atoms with Crippen LogP contribution in [-0.2, 0) is 0 Å². The second kappa shape index (κ2) is 6.20. The summed E-state index contributed by atoms with van der Waals surface area (Å²) in [6, 6.07) is 5.10. The molecule has 0 amide bonds. The molecule has 1 aromatic carbocycles. The lowest BCUT2D eigenvalue weighted by Crippen LogP contribution is -2.34. The highest BCUT2D eigenvalue weighted by Crippen LogP contribution is 2.33. The zero-order valence-corrected chi connectivity index (χ0v) is 12.9. The lowest BCUT2D eigenvalue weighted by Gasteiger charge is -2.33. The molecule has 0 aliphatic carbocycles.